The predicted molar refractivity (Wildman–Crippen MR) is 118 cm³/mol. The van der Waals surface area contributed by atoms with Crippen molar-refractivity contribution in [1.29, 1.82) is 0 Å². The fourth-order valence-electron chi connectivity index (χ4n) is 4.82. The van der Waals surface area contributed by atoms with Crippen molar-refractivity contribution in [2.24, 2.45) is 5.92 Å². The number of piperidine rings is 1. The van der Waals surface area contributed by atoms with Gasteiger partial charge in [0.1, 0.15) is 5.54 Å². The van der Waals surface area contributed by atoms with Crippen LogP contribution in [0.1, 0.15) is 36.8 Å². The van der Waals surface area contributed by atoms with E-state index in [9.17, 15) is 9.59 Å². The lowest BCUT2D eigenvalue weighted by Gasteiger charge is -2.40. The quantitative estimate of drug-likeness (QED) is 0.655. The Morgan fingerprint density at radius 2 is 1.67 bits per heavy atom. The number of carbonyl (C=O) groups excluding carboxylic acids is 2. The smallest absolute Gasteiger partial charge is 0.322 e. The van der Waals surface area contributed by atoms with Crippen LogP contribution in [0.25, 0.3) is 0 Å². The van der Waals surface area contributed by atoms with Crippen molar-refractivity contribution in [1.82, 2.24) is 15.5 Å². The van der Waals surface area contributed by atoms with Crippen molar-refractivity contribution in [3.63, 3.8) is 0 Å². The average Bonchev–Trinajstić information content (AvgIpc) is 3.05. The number of aryl methyl sites for hydroxylation is 1. The molecule has 2 aromatic carbocycles. The van der Waals surface area contributed by atoms with Gasteiger partial charge in [-0.25, -0.2) is 4.79 Å². The molecule has 2 aliphatic heterocycles. The fourth-order valence-corrected chi connectivity index (χ4v) is 4.95. The first kappa shape index (κ1) is 20.9. The molecule has 2 aromatic rings. The van der Waals surface area contributed by atoms with Gasteiger partial charge in [0.05, 0.1) is 0 Å². The van der Waals surface area contributed by atoms with Crippen LogP contribution in [0, 0.1) is 5.92 Å². The number of hydrogen-bond acceptors (Lipinski definition) is 3. The molecule has 0 radical (unpaired) electrons. The van der Waals surface area contributed by atoms with Gasteiger partial charge in [0.25, 0.3) is 5.91 Å². The van der Waals surface area contributed by atoms with E-state index in [0.29, 0.717) is 6.42 Å². The summed E-state index contributed by atoms with van der Waals surface area (Å²) < 4.78 is 0. The van der Waals surface area contributed by atoms with E-state index in [1.165, 1.54) is 11.1 Å². The van der Waals surface area contributed by atoms with Crippen LogP contribution in [0.5, 0.6) is 0 Å². The lowest BCUT2D eigenvalue weighted by atomic mass is 9.74. The lowest BCUT2D eigenvalue weighted by Crippen LogP contribution is -2.56. The molecular formula is C24H28ClN3O2. The number of halogens is 1. The van der Waals surface area contributed by atoms with Gasteiger partial charge in [-0.05, 0) is 74.4 Å². The molecule has 2 fully saturated rings. The first-order valence-corrected chi connectivity index (χ1v) is 11.1. The molecular weight excluding hydrogens is 398 g/mol. The van der Waals surface area contributed by atoms with Crippen LogP contribution in [-0.4, -0.2) is 35.5 Å². The van der Waals surface area contributed by atoms with Crippen molar-refractivity contribution in [2.75, 3.05) is 13.1 Å². The second kappa shape index (κ2) is 9.19. The van der Waals surface area contributed by atoms with Crippen molar-refractivity contribution in [3.05, 3.63) is 70.7 Å². The van der Waals surface area contributed by atoms with Gasteiger partial charge in [0, 0.05) is 11.6 Å². The van der Waals surface area contributed by atoms with Crippen LogP contribution in [0.3, 0.4) is 0 Å². The van der Waals surface area contributed by atoms with Crippen LogP contribution in [0.4, 0.5) is 4.79 Å². The molecule has 3 amide bonds. The van der Waals surface area contributed by atoms with Gasteiger partial charge in [0.2, 0.25) is 0 Å². The third-order valence-corrected chi connectivity index (χ3v) is 6.70. The van der Waals surface area contributed by atoms with Crippen molar-refractivity contribution in [2.45, 2.75) is 44.2 Å². The van der Waals surface area contributed by atoms with E-state index in [1.807, 2.05) is 30.3 Å². The highest BCUT2D eigenvalue weighted by atomic mass is 35.5. The first-order valence-electron chi connectivity index (χ1n) is 10.7. The molecule has 2 N–H and O–H groups in total. The Hall–Kier alpha value is -2.37. The SMILES string of the molecule is O=C1NC(=O)[C@@](CCCc2ccccc2)(C2CCN(Cc3ccc(Cl)cc3)CC2)N1. The maximum atomic E-state index is 12.8. The van der Waals surface area contributed by atoms with Crippen LogP contribution in [0.15, 0.2) is 54.6 Å². The van der Waals surface area contributed by atoms with Gasteiger partial charge >= 0.3 is 6.03 Å². The van der Waals surface area contributed by atoms with Crippen molar-refractivity contribution in [3.8, 4) is 0 Å². The molecule has 4 rings (SSSR count). The summed E-state index contributed by atoms with van der Waals surface area (Å²) >= 11 is 5.98. The van der Waals surface area contributed by atoms with E-state index in [0.717, 1.165) is 50.3 Å². The van der Waals surface area contributed by atoms with Crippen LogP contribution < -0.4 is 10.6 Å². The molecule has 0 saturated carbocycles. The van der Waals surface area contributed by atoms with Gasteiger partial charge in [-0.1, -0.05) is 54.1 Å². The summed E-state index contributed by atoms with van der Waals surface area (Å²) in [7, 11) is 0. The minimum absolute atomic E-state index is 0.154. The van der Waals surface area contributed by atoms with E-state index < -0.39 is 5.54 Å². The summed E-state index contributed by atoms with van der Waals surface area (Å²) in [5.41, 5.74) is 1.72. The van der Waals surface area contributed by atoms with Gasteiger partial charge in [-0.3, -0.25) is 15.0 Å². The summed E-state index contributed by atoms with van der Waals surface area (Å²) in [5.74, 6) is -0.00194. The number of nitrogens with one attached hydrogen (secondary N) is 2. The van der Waals surface area contributed by atoms with Crippen molar-refractivity contribution < 1.29 is 9.59 Å². The topological polar surface area (TPSA) is 61.4 Å². The number of likely N-dealkylation sites (tertiary alicyclic amines) is 1. The molecule has 0 spiro atoms. The van der Waals surface area contributed by atoms with Crippen LogP contribution >= 0.6 is 11.6 Å². The van der Waals surface area contributed by atoms with E-state index in [1.54, 1.807) is 0 Å². The Kier molecular flexibility index (Phi) is 6.40. The van der Waals surface area contributed by atoms with Crippen LogP contribution in [-0.2, 0) is 17.8 Å². The van der Waals surface area contributed by atoms with E-state index >= 15 is 0 Å². The Bertz CT molecular complexity index is 879. The van der Waals surface area contributed by atoms with Crippen LogP contribution in [0.2, 0.25) is 5.02 Å². The second-order valence-electron chi connectivity index (χ2n) is 8.40. The maximum Gasteiger partial charge on any atom is 0.322 e. The number of benzene rings is 2. The van der Waals surface area contributed by atoms with Crippen molar-refractivity contribution >= 4 is 23.5 Å². The van der Waals surface area contributed by atoms with E-state index in [2.05, 4.69) is 39.8 Å². The molecule has 6 heteroatoms. The Morgan fingerprint density at radius 3 is 2.30 bits per heavy atom. The molecule has 30 heavy (non-hydrogen) atoms. The molecule has 2 heterocycles. The third-order valence-electron chi connectivity index (χ3n) is 6.45. The summed E-state index contributed by atoms with van der Waals surface area (Å²) in [4.78, 5) is 27.3. The predicted octanol–water partition coefficient (Wildman–Crippen LogP) is 4.15. The van der Waals surface area contributed by atoms with E-state index in [4.69, 9.17) is 11.6 Å². The van der Waals surface area contributed by atoms with Gasteiger partial charge in [0.15, 0.2) is 0 Å². The monoisotopic (exact) mass is 425 g/mol. The number of urea groups is 1. The zero-order valence-electron chi connectivity index (χ0n) is 17.1. The minimum Gasteiger partial charge on any atom is -0.323 e. The first-order chi connectivity index (χ1) is 14.5. The number of carbonyl (C=O) groups is 2. The zero-order valence-corrected chi connectivity index (χ0v) is 17.8. The Labute approximate surface area is 182 Å². The van der Waals surface area contributed by atoms with Gasteiger partial charge in [-0.15, -0.1) is 0 Å². The highest BCUT2D eigenvalue weighted by Gasteiger charge is 2.51. The molecule has 0 aliphatic carbocycles. The summed E-state index contributed by atoms with van der Waals surface area (Å²) in [6, 6.07) is 17.9. The number of rotatable bonds is 7. The number of nitrogens with zero attached hydrogens (tertiary/aromatic N) is 1. The normalized spacial score (nSPS) is 22.7. The number of hydrogen-bond donors (Lipinski definition) is 2. The molecule has 0 bridgehead atoms. The molecule has 158 valence electrons. The maximum absolute atomic E-state index is 12.8. The number of amides is 3. The summed E-state index contributed by atoms with van der Waals surface area (Å²) in [6.45, 7) is 2.71. The van der Waals surface area contributed by atoms with E-state index in [-0.39, 0.29) is 17.9 Å². The highest BCUT2D eigenvalue weighted by molar-refractivity contribution is 6.30. The standard InChI is InChI=1S/C24H28ClN3O2/c25-21-10-8-19(9-11-21)17-28-15-12-20(13-16-28)24(22(29)26-23(30)27-24)14-4-7-18-5-2-1-3-6-18/h1-3,5-6,8-11,20H,4,7,12-17H2,(H2,26,27,29,30)/t24-/m1/s1. The molecule has 0 unspecified atom stereocenters. The second-order valence-corrected chi connectivity index (χ2v) is 8.83. The molecule has 1 atom stereocenters. The Morgan fingerprint density at radius 1 is 0.967 bits per heavy atom. The highest BCUT2D eigenvalue weighted by Crippen LogP contribution is 2.35. The molecule has 0 aromatic heterocycles. The third kappa shape index (κ3) is 4.68. The number of imide groups is 1. The fraction of sp³-hybridized carbons (Fsp3) is 0.417. The summed E-state index contributed by atoms with van der Waals surface area (Å²) in [6.07, 6.45) is 4.23. The van der Waals surface area contributed by atoms with Gasteiger partial charge in [-0.2, -0.15) is 0 Å². The largest absolute Gasteiger partial charge is 0.323 e. The molecule has 2 aliphatic rings. The summed E-state index contributed by atoms with van der Waals surface area (Å²) in [5, 5.41) is 6.25. The molecule has 5 nitrogen and oxygen atoms in total. The minimum atomic E-state index is -0.780. The van der Waals surface area contributed by atoms with Gasteiger partial charge < -0.3 is 5.32 Å². The molecule has 2 saturated heterocycles. The lowest BCUT2D eigenvalue weighted by molar-refractivity contribution is -0.127. The average molecular weight is 426 g/mol. The Balaban J connectivity index is 1.38. The zero-order chi connectivity index (χ0) is 21.0.